The van der Waals surface area contributed by atoms with Crippen LogP contribution in [0.15, 0.2) is 30.3 Å². The Morgan fingerprint density at radius 2 is 1.72 bits per heavy atom. The molecule has 0 aliphatic rings. The highest BCUT2D eigenvalue weighted by Gasteiger charge is 2.27. The van der Waals surface area contributed by atoms with Gasteiger partial charge in [0.2, 0.25) is 5.91 Å². The van der Waals surface area contributed by atoms with E-state index in [1.807, 2.05) is 44.2 Å². The van der Waals surface area contributed by atoms with E-state index in [0.29, 0.717) is 6.42 Å². The quantitative estimate of drug-likeness (QED) is 0.542. The highest BCUT2D eigenvalue weighted by atomic mass is 16.4. The van der Waals surface area contributed by atoms with Crippen LogP contribution >= 0.6 is 0 Å². The van der Waals surface area contributed by atoms with Crippen molar-refractivity contribution in [1.29, 1.82) is 0 Å². The van der Waals surface area contributed by atoms with Crippen LogP contribution in [-0.4, -0.2) is 35.6 Å². The number of hydrogen-bond donors (Lipinski definition) is 4. The molecule has 7 nitrogen and oxygen atoms in total. The fraction of sp³-hybridized carbons (Fsp3) is 0.500. The molecule has 7 heteroatoms. The smallest absolute Gasteiger partial charge is 0.315 e. The van der Waals surface area contributed by atoms with E-state index in [-0.39, 0.29) is 18.4 Å². The maximum Gasteiger partial charge on any atom is 0.315 e. The first-order chi connectivity index (χ1) is 11.7. The normalized spacial score (nSPS) is 14.4. The zero-order chi connectivity index (χ0) is 19.0. The van der Waals surface area contributed by atoms with Gasteiger partial charge >= 0.3 is 12.0 Å². The van der Waals surface area contributed by atoms with Crippen LogP contribution in [-0.2, 0) is 9.59 Å². The second kappa shape index (κ2) is 9.66. The van der Waals surface area contributed by atoms with Crippen molar-refractivity contribution in [2.45, 2.75) is 39.2 Å². The summed E-state index contributed by atoms with van der Waals surface area (Å²) in [4.78, 5) is 35.0. The van der Waals surface area contributed by atoms with Gasteiger partial charge < -0.3 is 21.5 Å². The molecule has 0 saturated heterocycles. The fourth-order valence-corrected chi connectivity index (χ4v) is 2.64. The maximum absolute atomic E-state index is 12.1. The molecule has 0 bridgehead atoms. The Labute approximate surface area is 148 Å². The molecule has 3 unspecified atom stereocenters. The number of carbonyl (C=O) groups excluding carboxylic acids is 2. The summed E-state index contributed by atoms with van der Waals surface area (Å²) in [5.41, 5.74) is 6.29. The van der Waals surface area contributed by atoms with Gasteiger partial charge in [-0.3, -0.25) is 9.59 Å². The molecular formula is C18H27N3O4. The molecule has 3 amide bonds. The van der Waals surface area contributed by atoms with Crippen LogP contribution in [0, 0.1) is 11.8 Å². The van der Waals surface area contributed by atoms with E-state index >= 15 is 0 Å². The third-order valence-electron chi connectivity index (χ3n) is 4.03. The van der Waals surface area contributed by atoms with Gasteiger partial charge in [0.15, 0.2) is 0 Å². The first-order valence-electron chi connectivity index (χ1n) is 8.33. The summed E-state index contributed by atoms with van der Waals surface area (Å²) in [5, 5.41) is 14.3. The average molecular weight is 349 g/mol. The zero-order valence-electron chi connectivity index (χ0n) is 14.9. The number of rotatable bonds is 9. The number of nitrogens with two attached hydrogens (primary N) is 1. The van der Waals surface area contributed by atoms with E-state index in [9.17, 15) is 19.5 Å². The molecule has 138 valence electrons. The van der Waals surface area contributed by atoms with Crippen LogP contribution in [0.2, 0.25) is 0 Å². The van der Waals surface area contributed by atoms with Gasteiger partial charge in [0.1, 0.15) is 6.04 Å². The van der Waals surface area contributed by atoms with Crippen molar-refractivity contribution in [1.82, 2.24) is 10.6 Å². The molecular weight excluding hydrogens is 322 g/mol. The lowest BCUT2D eigenvalue weighted by Gasteiger charge is -2.23. The van der Waals surface area contributed by atoms with Gasteiger partial charge in [0.25, 0.3) is 0 Å². The van der Waals surface area contributed by atoms with E-state index in [1.165, 1.54) is 0 Å². The maximum atomic E-state index is 12.1. The number of hydrogen-bond acceptors (Lipinski definition) is 3. The summed E-state index contributed by atoms with van der Waals surface area (Å²) in [7, 11) is 0. The van der Waals surface area contributed by atoms with Gasteiger partial charge in [-0.1, -0.05) is 51.1 Å². The molecule has 5 N–H and O–H groups in total. The molecule has 3 atom stereocenters. The predicted molar refractivity (Wildman–Crippen MR) is 95.0 cm³/mol. The van der Waals surface area contributed by atoms with Gasteiger partial charge in [0, 0.05) is 12.5 Å². The van der Waals surface area contributed by atoms with Crippen LogP contribution in [0.4, 0.5) is 4.79 Å². The fourth-order valence-electron chi connectivity index (χ4n) is 2.64. The van der Waals surface area contributed by atoms with Gasteiger partial charge in [-0.25, -0.2) is 4.79 Å². The molecule has 1 aromatic carbocycles. The average Bonchev–Trinajstić information content (AvgIpc) is 2.55. The zero-order valence-corrected chi connectivity index (χ0v) is 14.9. The number of carboxylic acids is 1. The Hall–Kier alpha value is -2.57. The highest BCUT2D eigenvalue weighted by Crippen LogP contribution is 2.18. The molecule has 0 aromatic heterocycles. The van der Waals surface area contributed by atoms with Gasteiger partial charge in [-0.2, -0.15) is 0 Å². The Balaban J connectivity index is 2.67. The Bertz CT molecular complexity index is 589. The van der Waals surface area contributed by atoms with Crippen molar-refractivity contribution in [2.75, 3.05) is 6.54 Å². The van der Waals surface area contributed by atoms with Crippen LogP contribution in [0.1, 0.15) is 38.7 Å². The van der Waals surface area contributed by atoms with Crippen LogP contribution in [0.3, 0.4) is 0 Å². The standard InChI is InChI=1S/C18H27N3O4/c1-11(2)9-14(17(23)24)10-20-18(25)21-15(16(19)22)12(3)13-7-5-4-6-8-13/h4-8,11-12,14-15H,9-10H2,1-3H3,(H2,19,22)(H,23,24)(H2,20,21,25). The molecule has 0 radical (unpaired) electrons. The van der Waals surface area contributed by atoms with E-state index in [1.54, 1.807) is 6.92 Å². The van der Waals surface area contributed by atoms with Gasteiger partial charge in [0.05, 0.1) is 5.92 Å². The molecule has 0 fully saturated rings. The van der Waals surface area contributed by atoms with Crippen molar-refractivity contribution in [2.24, 2.45) is 17.6 Å². The number of urea groups is 1. The summed E-state index contributed by atoms with van der Waals surface area (Å²) in [6.45, 7) is 5.62. The van der Waals surface area contributed by atoms with Crippen molar-refractivity contribution >= 4 is 17.9 Å². The molecule has 25 heavy (non-hydrogen) atoms. The van der Waals surface area contributed by atoms with Crippen LogP contribution < -0.4 is 16.4 Å². The number of nitrogens with one attached hydrogen (secondary N) is 2. The second-order valence-electron chi connectivity index (χ2n) is 6.60. The lowest BCUT2D eigenvalue weighted by molar-refractivity contribution is -0.142. The van der Waals surface area contributed by atoms with Gasteiger partial charge in [-0.05, 0) is 17.9 Å². The number of carbonyl (C=O) groups is 3. The van der Waals surface area contributed by atoms with E-state index in [2.05, 4.69) is 10.6 Å². The van der Waals surface area contributed by atoms with E-state index < -0.39 is 29.9 Å². The summed E-state index contributed by atoms with van der Waals surface area (Å²) >= 11 is 0. The lowest BCUT2D eigenvalue weighted by atomic mass is 9.93. The van der Waals surface area contributed by atoms with Crippen LogP contribution in [0.25, 0.3) is 0 Å². The largest absolute Gasteiger partial charge is 0.481 e. The highest BCUT2D eigenvalue weighted by molar-refractivity contribution is 5.87. The minimum atomic E-state index is -0.960. The van der Waals surface area contributed by atoms with E-state index in [0.717, 1.165) is 5.56 Å². The molecule has 0 saturated carbocycles. The molecule has 0 aliphatic heterocycles. The molecule has 0 aliphatic carbocycles. The Morgan fingerprint density at radius 1 is 1.12 bits per heavy atom. The topological polar surface area (TPSA) is 122 Å². The number of benzene rings is 1. The van der Waals surface area contributed by atoms with Crippen molar-refractivity contribution in [3.05, 3.63) is 35.9 Å². The number of carboxylic acid groups (broad SMARTS) is 1. The summed E-state index contributed by atoms with van der Waals surface area (Å²) in [6, 6.07) is 7.74. The number of primary amides is 1. The molecule has 0 heterocycles. The second-order valence-corrected chi connectivity index (χ2v) is 6.60. The van der Waals surface area contributed by atoms with Crippen molar-refractivity contribution in [3.63, 3.8) is 0 Å². The molecule has 0 spiro atoms. The third kappa shape index (κ3) is 6.82. The van der Waals surface area contributed by atoms with Crippen molar-refractivity contribution in [3.8, 4) is 0 Å². The minimum absolute atomic E-state index is 0.00938. The Morgan fingerprint density at radius 3 is 2.20 bits per heavy atom. The SMILES string of the molecule is CC(C)CC(CNC(=O)NC(C(N)=O)C(C)c1ccccc1)C(=O)O. The summed E-state index contributed by atoms with van der Waals surface area (Å²) in [6.07, 6.45) is 0.454. The number of amides is 3. The molecule has 1 rings (SSSR count). The molecule has 1 aromatic rings. The van der Waals surface area contributed by atoms with Crippen molar-refractivity contribution < 1.29 is 19.5 Å². The number of aliphatic carboxylic acids is 1. The third-order valence-corrected chi connectivity index (χ3v) is 4.03. The minimum Gasteiger partial charge on any atom is -0.481 e. The Kier molecular flexibility index (Phi) is 7.91. The van der Waals surface area contributed by atoms with Gasteiger partial charge in [-0.15, -0.1) is 0 Å². The monoisotopic (exact) mass is 349 g/mol. The lowest BCUT2D eigenvalue weighted by Crippen LogP contribution is -2.51. The first-order valence-corrected chi connectivity index (χ1v) is 8.33. The summed E-state index contributed by atoms with van der Waals surface area (Å²) < 4.78 is 0. The first kappa shape index (κ1) is 20.5. The van der Waals surface area contributed by atoms with Crippen LogP contribution in [0.5, 0.6) is 0 Å². The predicted octanol–water partition coefficient (Wildman–Crippen LogP) is 1.69. The van der Waals surface area contributed by atoms with E-state index in [4.69, 9.17) is 5.73 Å². The summed E-state index contributed by atoms with van der Waals surface area (Å²) in [5.74, 6) is -2.40.